The number of hydrogen-bond acceptors (Lipinski definition) is 5. The van der Waals surface area contributed by atoms with Crippen molar-refractivity contribution in [3.05, 3.63) is 50.1 Å². The van der Waals surface area contributed by atoms with Crippen molar-refractivity contribution >= 4 is 44.7 Å². The highest BCUT2D eigenvalue weighted by Crippen LogP contribution is 2.33. The molecule has 98 valence electrons. The van der Waals surface area contributed by atoms with Crippen molar-refractivity contribution in [2.24, 2.45) is 0 Å². The molecule has 0 spiro atoms. The zero-order chi connectivity index (χ0) is 14.0. The molecule has 2 aromatic rings. The van der Waals surface area contributed by atoms with Gasteiger partial charge in [0.15, 0.2) is 0 Å². The Labute approximate surface area is 119 Å². The van der Waals surface area contributed by atoms with Crippen LogP contribution in [0.3, 0.4) is 0 Å². The van der Waals surface area contributed by atoms with Gasteiger partial charge < -0.3 is 5.32 Å². The lowest BCUT2D eigenvalue weighted by Gasteiger charge is -2.08. The number of rotatable bonds is 3. The van der Waals surface area contributed by atoms with Gasteiger partial charge in [-0.3, -0.25) is 10.1 Å². The average molecular weight is 348 g/mol. The molecule has 0 aliphatic rings. The minimum atomic E-state index is -0.692. The first kappa shape index (κ1) is 13.6. The number of anilines is 2. The van der Waals surface area contributed by atoms with Crippen LogP contribution >= 0.6 is 27.5 Å². The summed E-state index contributed by atoms with van der Waals surface area (Å²) in [6, 6.07) is 3.85. The molecule has 0 aliphatic heterocycles. The van der Waals surface area contributed by atoms with Gasteiger partial charge in [-0.15, -0.1) is 0 Å². The van der Waals surface area contributed by atoms with E-state index in [1.165, 1.54) is 18.2 Å². The molecule has 19 heavy (non-hydrogen) atoms. The van der Waals surface area contributed by atoms with E-state index < -0.39 is 16.4 Å². The highest BCUT2D eigenvalue weighted by Gasteiger charge is 2.22. The predicted molar refractivity (Wildman–Crippen MR) is 71.1 cm³/mol. The van der Waals surface area contributed by atoms with E-state index in [0.717, 1.165) is 6.33 Å². The third-order valence-electron chi connectivity index (χ3n) is 2.14. The number of halogens is 3. The summed E-state index contributed by atoms with van der Waals surface area (Å²) in [5, 5.41) is 13.3. The van der Waals surface area contributed by atoms with Gasteiger partial charge in [0.05, 0.1) is 10.6 Å². The summed E-state index contributed by atoms with van der Waals surface area (Å²) in [7, 11) is 0. The molecule has 0 saturated heterocycles. The maximum absolute atomic E-state index is 12.9. The van der Waals surface area contributed by atoms with Gasteiger partial charge in [-0.1, -0.05) is 11.6 Å². The lowest BCUT2D eigenvalue weighted by Crippen LogP contribution is -2.02. The molecular formula is C10H5BrClFN4O2. The summed E-state index contributed by atoms with van der Waals surface area (Å²) in [5.41, 5.74) is -0.0281. The van der Waals surface area contributed by atoms with E-state index in [9.17, 15) is 14.5 Å². The largest absolute Gasteiger partial charge is 0.348 e. The van der Waals surface area contributed by atoms with E-state index in [2.05, 4.69) is 31.2 Å². The van der Waals surface area contributed by atoms with Crippen molar-refractivity contribution in [2.75, 3.05) is 5.32 Å². The first-order valence-corrected chi connectivity index (χ1v) is 6.03. The van der Waals surface area contributed by atoms with Crippen LogP contribution in [0.1, 0.15) is 0 Å². The van der Waals surface area contributed by atoms with Crippen LogP contribution in [-0.2, 0) is 0 Å². The van der Waals surface area contributed by atoms with Gasteiger partial charge in [0.25, 0.3) is 0 Å². The fourth-order valence-corrected chi connectivity index (χ4v) is 1.98. The SMILES string of the molecule is O=[N+]([O-])c1c(Cl)ncnc1Nc1ccc(F)cc1Br. The molecule has 0 fully saturated rings. The molecule has 9 heteroatoms. The molecule has 0 radical (unpaired) electrons. The molecule has 0 unspecified atom stereocenters. The number of nitro groups is 1. The minimum Gasteiger partial charge on any atom is -0.333 e. The van der Waals surface area contributed by atoms with E-state index in [-0.39, 0.29) is 11.0 Å². The normalized spacial score (nSPS) is 10.3. The van der Waals surface area contributed by atoms with E-state index >= 15 is 0 Å². The zero-order valence-electron chi connectivity index (χ0n) is 9.10. The maximum atomic E-state index is 12.9. The number of benzene rings is 1. The molecule has 6 nitrogen and oxygen atoms in total. The van der Waals surface area contributed by atoms with Gasteiger partial charge >= 0.3 is 5.69 Å². The molecule has 0 aliphatic carbocycles. The Bertz CT molecular complexity index is 655. The molecule has 1 aromatic heterocycles. The average Bonchev–Trinajstić information content (AvgIpc) is 2.32. The summed E-state index contributed by atoms with van der Waals surface area (Å²) < 4.78 is 13.3. The van der Waals surface area contributed by atoms with Crippen molar-refractivity contribution in [2.45, 2.75) is 0 Å². The van der Waals surface area contributed by atoms with Crippen LogP contribution in [0.4, 0.5) is 21.6 Å². The first-order chi connectivity index (χ1) is 8.99. The monoisotopic (exact) mass is 346 g/mol. The Morgan fingerprint density at radius 2 is 2.16 bits per heavy atom. The van der Waals surface area contributed by atoms with Crippen LogP contribution in [0, 0.1) is 15.9 Å². The second-order valence-corrected chi connectivity index (χ2v) is 4.58. The summed E-state index contributed by atoms with van der Waals surface area (Å²) in [6.07, 6.45) is 1.09. The Hall–Kier alpha value is -1.80. The molecule has 1 N–H and O–H groups in total. The van der Waals surface area contributed by atoms with E-state index in [1.54, 1.807) is 0 Å². The second kappa shape index (κ2) is 5.45. The van der Waals surface area contributed by atoms with Gasteiger partial charge in [-0.05, 0) is 34.1 Å². The van der Waals surface area contributed by atoms with Crippen molar-refractivity contribution in [1.82, 2.24) is 9.97 Å². The van der Waals surface area contributed by atoms with E-state index in [1.807, 2.05) is 0 Å². The van der Waals surface area contributed by atoms with Crippen molar-refractivity contribution in [1.29, 1.82) is 0 Å². The van der Waals surface area contributed by atoms with E-state index in [4.69, 9.17) is 11.6 Å². The highest BCUT2D eigenvalue weighted by molar-refractivity contribution is 9.10. The lowest BCUT2D eigenvalue weighted by atomic mass is 10.3. The Balaban J connectivity index is 2.44. The molecule has 0 bridgehead atoms. The van der Waals surface area contributed by atoms with Crippen LogP contribution in [0.15, 0.2) is 29.0 Å². The summed E-state index contributed by atoms with van der Waals surface area (Å²) in [6.45, 7) is 0. The molecule has 0 saturated carbocycles. The molecule has 1 aromatic carbocycles. The van der Waals surface area contributed by atoms with Crippen LogP contribution in [0.25, 0.3) is 0 Å². The first-order valence-electron chi connectivity index (χ1n) is 4.86. The minimum absolute atomic E-state index is 0.0719. The molecule has 1 heterocycles. The molecule has 0 atom stereocenters. The number of nitrogens with one attached hydrogen (secondary N) is 1. The topological polar surface area (TPSA) is 81.0 Å². The zero-order valence-corrected chi connectivity index (χ0v) is 11.4. The fraction of sp³-hybridized carbons (Fsp3) is 0. The van der Waals surface area contributed by atoms with Crippen LogP contribution < -0.4 is 5.32 Å². The van der Waals surface area contributed by atoms with Crippen molar-refractivity contribution < 1.29 is 9.31 Å². The van der Waals surface area contributed by atoms with Crippen molar-refractivity contribution in [3.8, 4) is 0 Å². The summed E-state index contributed by atoms with van der Waals surface area (Å²) >= 11 is 8.79. The van der Waals surface area contributed by atoms with Gasteiger partial charge in [-0.2, -0.15) is 0 Å². The van der Waals surface area contributed by atoms with Gasteiger partial charge in [0, 0.05) is 4.47 Å². The predicted octanol–water partition coefficient (Wildman–Crippen LogP) is 3.68. The van der Waals surface area contributed by atoms with E-state index in [0.29, 0.717) is 10.2 Å². The van der Waals surface area contributed by atoms with Crippen LogP contribution in [0.2, 0.25) is 5.15 Å². The molecule has 0 amide bonds. The van der Waals surface area contributed by atoms with Crippen LogP contribution in [-0.4, -0.2) is 14.9 Å². The Morgan fingerprint density at radius 3 is 2.79 bits per heavy atom. The van der Waals surface area contributed by atoms with Gasteiger partial charge in [-0.25, -0.2) is 14.4 Å². The van der Waals surface area contributed by atoms with Gasteiger partial charge in [0.1, 0.15) is 12.1 Å². The fourth-order valence-electron chi connectivity index (χ4n) is 1.33. The number of nitrogens with zero attached hydrogens (tertiary/aromatic N) is 3. The number of hydrogen-bond donors (Lipinski definition) is 1. The lowest BCUT2D eigenvalue weighted by molar-refractivity contribution is -0.384. The Kier molecular flexibility index (Phi) is 3.91. The summed E-state index contributed by atoms with van der Waals surface area (Å²) in [5.74, 6) is -0.509. The standard InChI is InChI=1S/C10H5BrClFN4O2/c11-6-3-5(13)1-2-7(6)16-10-8(17(18)19)9(12)14-4-15-10/h1-4H,(H,14,15,16). The third-order valence-corrected chi connectivity index (χ3v) is 3.08. The Morgan fingerprint density at radius 1 is 1.42 bits per heavy atom. The third kappa shape index (κ3) is 2.96. The number of aromatic nitrogens is 2. The van der Waals surface area contributed by atoms with Crippen molar-refractivity contribution in [3.63, 3.8) is 0 Å². The molecular weight excluding hydrogens is 342 g/mol. The summed E-state index contributed by atoms with van der Waals surface area (Å²) in [4.78, 5) is 17.5. The molecule has 2 rings (SSSR count). The maximum Gasteiger partial charge on any atom is 0.348 e. The highest BCUT2D eigenvalue weighted by atomic mass is 79.9. The second-order valence-electron chi connectivity index (χ2n) is 3.37. The smallest absolute Gasteiger partial charge is 0.333 e. The van der Waals surface area contributed by atoms with Crippen LogP contribution in [0.5, 0.6) is 0 Å². The quantitative estimate of drug-likeness (QED) is 0.520. The van der Waals surface area contributed by atoms with Gasteiger partial charge in [0.2, 0.25) is 11.0 Å².